The molecule has 0 aromatic carbocycles. The Morgan fingerprint density at radius 3 is 2.44 bits per heavy atom. The van der Waals surface area contributed by atoms with Gasteiger partial charge in [0.1, 0.15) is 0 Å². The summed E-state index contributed by atoms with van der Waals surface area (Å²) in [5.74, 6) is 0. The van der Waals surface area contributed by atoms with Crippen LogP contribution in [0.5, 0.6) is 0 Å². The molecule has 0 aromatic rings. The Bertz CT molecular complexity index is 190. The molecule has 0 unspecified atom stereocenters. The molecule has 0 bridgehead atoms. The van der Waals surface area contributed by atoms with Gasteiger partial charge in [-0.2, -0.15) is 0 Å². The molecule has 0 amide bonds. The first-order valence-corrected chi connectivity index (χ1v) is 3.08. The van der Waals surface area contributed by atoms with Crippen molar-refractivity contribution in [3.63, 3.8) is 0 Å². The van der Waals surface area contributed by atoms with Crippen LogP contribution in [-0.2, 0) is 0 Å². The molecule has 1 rings (SSSR count). The number of hydrogen-bond donors (Lipinski definition) is 0. The normalized spacial score (nSPS) is 33.2. The van der Waals surface area contributed by atoms with Gasteiger partial charge in [-0.1, -0.05) is 48.1 Å². The summed E-state index contributed by atoms with van der Waals surface area (Å²) >= 11 is 0. The summed E-state index contributed by atoms with van der Waals surface area (Å²) in [4.78, 5) is 0. The van der Waals surface area contributed by atoms with Crippen LogP contribution in [0, 0.1) is 0 Å². The van der Waals surface area contributed by atoms with Crippen molar-refractivity contribution in [2.75, 3.05) is 0 Å². The minimum Gasteiger partial charge on any atom is -0.0623 e. The van der Waals surface area contributed by atoms with E-state index in [-0.39, 0.29) is 0 Å². The molecule has 0 N–H and O–H groups in total. The zero-order valence-corrected chi connectivity index (χ0v) is 5.54. The van der Waals surface area contributed by atoms with Gasteiger partial charge in [-0.05, 0) is 6.92 Å². The highest BCUT2D eigenvalue weighted by Gasteiger charge is 1.77. The molecular weight excluding hydrogens is 108 g/mol. The Kier molecular flexibility index (Phi) is 2.08. The third kappa shape index (κ3) is 2.13. The van der Waals surface area contributed by atoms with E-state index >= 15 is 0 Å². The Labute approximate surface area is 55.9 Å². The van der Waals surface area contributed by atoms with Crippen molar-refractivity contribution >= 4 is 0 Å². The molecule has 0 saturated carbocycles. The fraction of sp³-hybridized carbons (Fsp3) is 0.111. The monoisotopic (exact) mass is 118 g/mol. The first-order chi connectivity index (χ1) is 4.39. The van der Waals surface area contributed by atoms with Crippen molar-refractivity contribution < 1.29 is 0 Å². The van der Waals surface area contributed by atoms with Crippen LogP contribution in [0.15, 0.2) is 48.1 Å². The fourth-order valence-electron chi connectivity index (χ4n) is 0.663. The lowest BCUT2D eigenvalue weighted by Gasteiger charge is -1.87. The van der Waals surface area contributed by atoms with Gasteiger partial charge in [0.15, 0.2) is 0 Å². The highest BCUT2D eigenvalue weighted by Crippen LogP contribution is 1.98. The smallest absolute Gasteiger partial charge is 0.0398 e. The second-order valence-corrected chi connectivity index (χ2v) is 2.04. The summed E-state index contributed by atoms with van der Waals surface area (Å²) in [5, 5.41) is 0. The Balaban J connectivity index is 2.77. The Hall–Kier alpha value is -1.04. The molecule has 46 valence electrons. The van der Waals surface area contributed by atoms with E-state index in [1.165, 1.54) is 5.57 Å². The molecule has 1 aliphatic carbocycles. The molecule has 0 saturated heterocycles. The number of hydrogen-bond acceptors (Lipinski definition) is 0. The molecule has 0 fully saturated rings. The van der Waals surface area contributed by atoms with Gasteiger partial charge in [0, 0.05) is 0 Å². The molecular formula is C9H10. The predicted octanol–water partition coefficient (Wildman–Crippen LogP) is 2.61. The van der Waals surface area contributed by atoms with Crippen LogP contribution in [0.2, 0.25) is 0 Å². The van der Waals surface area contributed by atoms with Crippen LogP contribution in [0.1, 0.15) is 6.92 Å². The van der Waals surface area contributed by atoms with E-state index in [0.717, 1.165) is 0 Å². The van der Waals surface area contributed by atoms with E-state index in [2.05, 4.69) is 19.1 Å². The highest BCUT2D eigenvalue weighted by molar-refractivity contribution is 5.29. The molecule has 0 atom stereocenters. The zero-order chi connectivity index (χ0) is 6.53. The topological polar surface area (TPSA) is 0 Å². The van der Waals surface area contributed by atoms with Crippen LogP contribution in [0.25, 0.3) is 0 Å². The lowest BCUT2D eigenvalue weighted by atomic mass is 10.2. The quantitative estimate of drug-likeness (QED) is 0.458. The van der Waals surface area contributed by atoms with E-state index < -0.39 is 0 Å². The molecule has 0 radical (unpaired) electrons. The summed E-state index contributed by atoms with van der Waals surface area (Å²) in [7, 11) is 0. The second kappa shape index (κ2) is 3.08. The largest absolute Gasteiger partial charge is 0.0623 e. The second-order valence-electron chi connectivity index (χ2n) is 2.04. The van der Waals surface area contributed by atoms with Crippen molar-refractivity contribution in [1.29, 1.82) is 0 Å². The number of allylic oxidation sites excluding steroid dienone is 8. The van der Waals surface area contributed by atoms with Crippen molar-refractivity contribution in [2.24, 2.45) is 0 Å². The summed E-state index contributed by atoms with van der Waals surface area (Å²) in [5.41, 5.74) is 1.29. The van der Waals surface area contributed by atoms with Crippen LogP contribution < -0.4 is 0 Å². The van der Waals surface area contributed by atoms with E-state index in [4.69, 9.17) is 0 Å². The molecule has 1 aliphatic rings. The maximum atomic E-state index is 2.08. The van der Waals surface area contributed by atoms with Crippen molar-refractivity contribution in [2.45, 2.75) is 6.92 Å². The third-order valence-corrected chi connectivity index (χ3v) is 1.16. The average molecular weight is 118 g/mol. The van der Waals surface area contributed by atoms with Crippen LogP contribution >= 0.6 is 0 Å². The van der Waals surface area contributed by atoms with Crippen LogP contribution in [0.4, 0.5) is 0 Å². The maximum absolute atomic E-state index is 2.08. The molecule has 0 aromatic heterocycles. The van der Waals surface area contributed by atoms with Crippen LogP contribution in [0.3, 0.4) is 0 Å². The highest BCUT2D eigenvalue weighted by atomic mass is 13.8. The van der Waals surface area contributed by atoms with Crippen molar-refractivity contribution in [1.82, 2.24) is 0 Å². The Morgan fingerprint density at radius 2 is 1.56 bits per heavy atom. The van der Waals surface area contributed by atoms with Gasteiger partial charge < -0.3 is 0 Å². The lowest BCUT2D eigenvalue weighted by Crippen LogP contribution is -1.66. The summed E-state index contributed by atoms with van der Waals surface area (Å²) in [6.45, 7) is 2.08. The van der Waals surface area contributed by atoms with Crippen LogP contribution in [-0.4, -0.2) is 0 Å². The van der Waals surface area contributed by atoms with Gasteiger partial charge in [-0.25, -0.2) is 0 Å². The lowest BCUT2D eigenvalue weighted by molar-refractivity contribution is 1.51. The van der Waals surface area contributed by atoms with Crippen molar-refractivity contribution in [3.8, 4) is 0 Å². The van der Waals surface area contributed by atoms with Gasteiger partial charge in [0.25, 0.3) is 0 Å². The zero-order valence-electron chi connectivity index (χ0n) is 5.54. The van der Waals surface area contributed by atoms with E-state index in [9.17, 15) is 0 Å². The first kappa shape index (κ1) is 6.09. The molecule has 0 heteroatoms. The minimum absolute atomic E-state index is 1.29. The molecule has 0 nitrogen and oxygen atoms in total. The van der Waals surface area contributed by atoms with Gasteiger partial charge in [-0.3, -0.25) is 0 Å². The number of rotatable bonds is 0. The molecule has 0 heterocycles. The Morgan fingerprint density at radius 1 is 0.889 bits per heavy atom. The standard InChI is InChI=1S/C9H10/c1-9-7-5-3-2-4-6-8-9/h2-8H,1H3/b3-2-,4-2?,5-3?,6-4+,7-5+,8-6?,9-7?,9-8-. The van der Waals surface area contributed by atoms with E-state index in [1.54, 1.807) is 0 Å². The van der Waals surface area contributed by atoms with Crippen molar-refractivity contribution in [3.05, 3.63) is 48.1 Å². The van der Waals surface area contributed by atoms with E-state index in [1.807, 2.05) is 30.4 Å². The summed E-state index contributed by atoms with van der Waals surface area (Å²) in [6.07, 6.45) is 14.3. The maximum Gasteiger partial charge on any atom is -0.0398 e. The summed E-state index contributed by atoms with van der Waals surface area (Å²) < 4.78 is 0. The molecule has 0 aliphatic heterocycles. The molecule has 9 heavy (non-hydrogen) atoms. The van der Waals surface area contributed by atoms with Gasteiger partial charge in [0.2, 0.25) is 0 Å². The minimum atomic E-state index is 1.29. The van der Waals surface area contributed by atoms with Gasteiger partial charge in [-0.15, -0.1) is 0 Å². The predicted molar refractivity (Wildman–Crippen MR) is 41.2 cm³/mol. The van der Waals surface area contributed by atoms with Gasteiger partial charge >= 0.3 is 0 Å². The first-order valence-electron chi connectivity index (χ1n) is 3.08. The van der Waals surface area contributed by atoms with Gasteiger partial charge in [0.05, 0.1) is 0 Å². The fourth-order valence-corrected chi connectivity index (χ4v) is 0.663. The summed E-state index contributed by atoms with van der Waals surface area (Å²) in [6, 6.07) is 0. The van der Waals surface area contributed by atoms with E-state index in [0.29, 0.717) is 0 Å². The third-order valence-electron chi connectivity index (χ3n) is 1.16. The SMILES string of the molecule is CC1=C/C=C/C=C\C=C\1. The molecule has 0 spiro atoms. The average Bonchev–Trinajstić information content (AvgIpc) is 1.79.